The molecule has 18 heavy (non-hydrogen) atoms. The van der Waals surface area contributed by atoms with E-state index in [1.165, 1.54) is 6.07 Å². The third kappa shape index (κ3) is 3.84. The van der Waals surface area contributed by atoms with Gasteiger partial charge in [-0.2, -0.15) is 0 Å². The maximum absolute atomic E-state index is 13.5. The first kappa shape index (κ1) is 14.7. The molecule has 3 nitrogen and oxygen atoms in total. The molecule has 0 aliphatic carbocycles. The van der Waals surface area contributed by atoms with Crippen LogP contribution in [0.25, 0.3) is 0 Å². The molecule has 0 amide bonds. The number of nitrogens with two attached hydrogens (primary N) is 1. The van der Waals surface area contributed by atoms with Gasteiger partial charge in [0, 0.05) is 13.2 Å². The Morgan fingerprint density at radius 1 is 1.33 bits per heavy atom. The zero-order valence-electron chi connectivity index (χ0n) is 10.8. The van der Waals surface area contributed by atoms with Crippen molar-refractivity contribution < 1.29 is 13.9 Å². The van der Waals surface area contributed by atoms with Gasteiger partial charge in [0.1, 0.15) is 0 Å². The first-order chi connectivity index (χ1) is 8.37. The number of hydrogen-bond donors (Lipinski definition) is 3. The Morgan fingerprint density at radius 2 is 2.00 bits per heavy atom. The molecule has 102 valence electrons. The van der Waals surface area contributed by atoms with Crippen molar-refractivity contribution in [3.8, 4) is 0 Å². The molecule has 4 N–H and O–H groups in total. The minimum Gasteiger partial charge on any atom is -0.397 e. The average molecular weight is 258 g/mol. The molecule has 0 aliphatic rings. The van der Waals surface area contributed by atoms with Gasteiger partial charge in [-0.15, -0.1) is 0 Å². The van der Waals surface area contributed by atoms with E-state index in [-0.39, 0.29) is 23.4 Å². The van der Waals surface area contributed by atoms with Crippen molar-refractivity contribution in [2.75, 3.05) is 24.2 Å². The molecule has 0 bridgehead atoms. The molecule has 0 saturated carbocycles. The molecule has 0 aliphatic heterocycles. The fraction of sp³-hybridized carbons (Fsp3) is 0.538. The van der Waals surface area contributed by atoms with Crippen LogP contribution in [0.4, 0.5) is 20.2 Å². The summed E-state index contributed by atoms with van der Waals surface area (Å²) in [6.45, 7) is 4.56. The van der Waals surface area contributed by atoms with E-state index in [0.717, 1.165) is 12.5 Å². The Kier molecular flexibility index (Phi) is 4.90. The van der Waals surface area contributed by atoms with Gasteiger partial charge in [0.25, 0.3) is 0 Å². The lowest BCUT2D eigenvalue weighted by Crippen LogP contribution is -2.24. The second kappa shape index (κ2) is 6.00. The molecule has 0 aromatic heterocycles. The van der Waals surface area contributed by atoms with Gasteiger partial charge < -0.3 is 16.2 Å². The summed E-state index contributed by atoms with van der Waals surface area (Å²) in [5.74, 6) is -1.87. The molecule has 0 radical (unpaired) electrons. The van der Waals surface area contributed by atoms with Crippen LogP contribution < -0.4 is 11.1 Å². The lowest BCUT2D eigenvalue weighted by Gasteiger charge is -2.25. The Labute approximate surface area is 106 Å². The third-order valence-electron chi connectivity index (χ3n) is 2.88. The van der Waals surface area contributed by atoms with Crippen LogP contribution in [-0.4, -0.2) is 18.3 Å². The van der Waals surface area contributed by atoms with Crippen LogP contribution in [0.3, 0.4) is 0 Å². The van der Waals surface area contributed by atoms with Crippen molar-refractivity contribution in [1.82, 2.24) is 0 Å². The van der Waals surface area contributed by atoms with Gasteiger partial charge >= 0.3 is 0 Å². The smallest absolute Gasteiger partial charge is 0.183 e. The van der Waals surface area contributed by atoms with Crippen molar-refractivity contribution in [2.24, 2.45) is 5.41 Å². The second-order valence-corrected chi connectivity index (χ2v) is 5.17. The summed E-state index contributed by atoms with van der Waals surface area (Å²) in [5.41, 5.74) is 5.67. The highest BCUT2D eigenvalue weighted by atomic mass is 19.2. The van der Waals surface area contributed by atoms with Crippen LogP contribution >= 0.6 is 0 Å². The number of nitrogen functional groups attached to an aromatic ring is 1. The Balaban J connectivity index is 2.71. The summed E-state index contributed by atoms with van der Waals surface area (Å²) in [5, 5.41) is 11.6. The van der Waals surface area contributed by atoms with E-state index in [2.05, 4.69) is 5.32 Å². The fourth-order valence-corrected chi connectivity index (χ4v) is 1.72. The summed E-state index contributed by atoms with van der Waals surface area (Å²) < 4.78 is 26.6. The van der Waals surface area contributed by atoms with Crippen LogP contribution in [0.5, 0.6) is 0 Å². The van der Waals surface area contributed by atoms with Gasteiger partial charge in [0.15, 0.2) is 11.6 Å². The summed E-state index contributed by atoms with van der Waals surface area (Å²) in [6.07, 6.45) is 1.46. The Hall–Kier alpha value is -1.36. The summed E-state index contributed by atoms with van der Waals surface area (Å²) >= 11 is 0. The molecule has 0 unspecified atom stereocenters. The Morgan fingerprint density at radius 3 is 2.61 bits per heavy atom. The first-order valence-corrected chi connectivity index (χ1v) is 5.95. The van der Waals surface area contributed by atoms with Gasteiger partial charge in [-0.3, -0.25) is 0 Å². The molecule has 0 fully saturated rings. The number of anilines is 2. The quantitative estimate of drug-likeness (QED) is 0.688. The highest BCUT2D eigenvalue weighted by Crippen LogP contribution is 2.28. The molecule has 0 heterocycles. The van der Waals surface area contributed by atoms with Crippen LogP contribution in [0, 0.1) is 17.0 Å². The number of aliphatic hydroxyl groups excluding tert-OH is 1. The lowest BCUT2D eigenvalue weighted by atomic mass is 9.88. The van der Waals surface area contributed by atoms with Crippen LogP contribution in [0.15, 0.2) is 12.1 Å². The van der Waals surface area contributed by atoms with Crippen molar-refractivity contribution in [2.45, 2.75) is 26.7 Å². The lowest BCUT2D eigenvalue weighted by molar-refractivity contribution is 0.248. The van der Waals surface area contributed by atoms with Gasteiger partial charge in [0.05, 0.1) is 11.4 Å². The number of halogens is 2. The SMILES string of the molecule is CC(C)(CCCO)CNc1c(N)ccc(F)c1F. The molecule has 0 saturated heterocycles. The number of benzene rings is 1. The number of hydrogen-bond acceptors (Lipinski definition) is 3. The molecule has 1 aromatic rings. The van der Waals surface area contributed by atoms with Crippen LogP contribution in [-0.2, 0) is 0 Å². The van der Waals surface area contributed by atoms with Crippen molar-refractivity contribution >= 4 is 11.4 Å². The maximum atomic E-state index is 13.5. The summed E-state index contributed by atoms with van der Waals surface area (Å²) in [7, 11) is 0. The summed E-state index contributed by atoms with van der Waals surface area (Å²) in [6, 6.07) is 2.34. The second-order valence-electron chi connectivity index (χ2n) is 5.17. The molecule has 0 spiro atoms. The highest BCUT2D eigenvalue weighted by Gasteiger charge is 2.19. The van der Waals surface area contributed by atoms with Gasteiger partial charge in [0.2, 0.25) is 0 Å². The van der Waals surface area contributed by atoms with E-state index in [4.69, 9.17) is 10.8 Å². The average Bonchev–Trinajstić information content (AvgIpc) is 2.31. The maximum Gasteiger partial charge on any atom is 0.183 e. The van der Waals surface area contributed by atoms with Crippen molar-refractivity contribution in [3.63, 3.8) is 0 Å². The highest BCUT2D eigenvalue weighted by molar-refractivity contribution is 5.66. The minimum absolute atomic E-state index is 0.00655. The molecular weight excluding hydrogens is 238 g/mol. The Bertz CT molecular complexity index is 408. The van der Waals surface area contributed by atoms with Gasteiger partial charge in [-0.1, -0.05) is 13.8 Å². The fourth-order valence-electron chi connectivity index (χ4n) is 1.72. The zero-order chi connectivity index (χ0) is 13.8. The van der Waals surface area contributed by atoms with Crippen molar-refractivity contribution in [3.05, 3.63) is 23.8 Å². The topological polar surface area (TPSA) is 58.3 Å². The number of nitrogens with one attached hydrogen (secondary N) is 1. The number of rotatable bonds is 6. The van der Waals surface area contributed by atoms with E-state index in [1.807, 2.05) is 13.8 Å². The summed E-state index contributed by atoms with van der Waals surface area (Å²) in [4.78, 5) is 0. The normalized spacial score (nSPS) is 11.6. The third-order valence-corrected chi connectivity index (χ3v) is 2.88. The zero-order valence-corrected chi connectivity index (χ0v) is 10.8. The molecular formula is C13H20F2N2O. The first-order valence-electron chi connectivity index (χ1n) is 5.95. The molecule has 1 aromatic carbocycles. The minimum atomic E-state index is -0.951. The monoisotopic (exact) mass is 258 g/mol. The van der Waals surface area contributed by atoms with Gasteiger partial charge in [-0.25, -0.2) is 8.78 Å². The standard InChI is InChI=1S/C13H20F2N2O/c1-13(2,6-3-7-18)8-17-12-10(16)5-4-9(14)11(12)15/h4-5,17-18H,3,6-8,16H2,1-2H3. The van der Waals surface area contributed by atoms with E-state index < -0.39 is 11.6 Å². The molecule has 5 heteroatoms. The van der Waals surface area contributed by atoms with E-state index >= 15 is 0 Å². The predicted molar refractivity (Wildman–Crippen MR) is 69.4 cm³/mol. The van der Waals surface area contributed by atoms with Crippen LogP contribution in [0.2, 0.25) is 0 Å². The van der Waals surface area contributed by atoms with Gasteiger partial charge in [-0.05, 0) is 30.4 Å². The largest absolute Gasteiger partial charge is 0.397 e. The predicted octanol–water partition coefficient (Wildman–Crippen LogP) is 2.76. The van der Waals surface area contributed by atoms with Crippen LogP contribution in [0.1, 0.15) is 26.7 Å². The van der Waals surface area contributed by atoms with E-state index in [9.17, 15) is 8.78 Å². The number of aliphatic hydroxyl groups is 1. The van der Waals surface area contributed by atoms with E-state index in [0.29, 0.717) is 13.0 Å². The molecule has 1 rings (SSSR count). The molecule has 0 atom stereocenters. The van der Waals surface area contributed by atoms with Crippen molar-refractivity contribution in [1.29, 1.82) is 0 Å². The van der Waals surface area contributed by atoms with E-state index in [1.54, 1.807) is 0 Å².